The number of hydrogen-bond acceptors (Lipinski definition) is 3. The molecule has 0 unspecified atom stereocenters. The fourth-order valence-electron chi connectivity index (χ4n) is 0.276. The van der Waals surface area contributed by atoms with Crippen LogP contribution in [0.25, 0.3) is 0 Å². The van der Waals surface area contributed by atoms with E-state index >= 15 is 0 Å². The van der Waals surface area contributed by atoms with Crippen molar-refractivity contribution in [3.63, 3.8) is 0 Å². The largest absolute Gasteiger partial charge is 0.480 e. The van der Waals surface area contributed by atoms with Crippen LogP contribution in [0.1, 0.15) is 13.8 Å². The van der Waals surface area contributed by atoms with Gasteiger partial charge >= 0.3 is 0 Å². The Morgan fingerprint density at radius 1 is 1.27 bits per heavy atom. The van der Waals surface area contributed by atoms with Gasteiger partial charge in [0.1, 0.15) is 0 Å². The Bertz CT molecular complexity index is 183. The minimum Gasteiger partial charge on any atom is -0.480 e. The third-order valence-corrected chi connectivity index (χ3v) is 1.19. The van der Waals surface area contributed by atoms with E-state index in [1.54, 1.807) is 0 Å². The van der Waals surface area contributed by atoms with Crippen molar-refractivity contribution in [3.05, 3.63) is 24.7 Å². The molecular weight excluding hydrogens is 140 g/mol. The number of azo groups is 1. The van der Waals surface area contributed by atoms with Crippen LogP contribution in [-0.4, -0.2) is 7.11 Å². The van der Waals surface area contributed by atoms with Crippen LogP contribution < -0.4 is 0 Å². The summed E-state index contributed by atoms with van der Waals surface area (Å²) < 4.78 is 4.68. The molecule has 0 fully saturated rings. The molecule has 0 aliphatic rings. The minimum atomic E-state index is 0.298. The molecule has 0 N–H and O–H groups in total. The first-order valence-electron chi connectivity index (χ1n) is 3.41. The zero-order chi connectivity index (χ0) is 8.85. The number of allylic oxidation sites excluding steroid dienone is 1. The molecule has 3 heteroatoms. The lowest BCUT2D eigenvalue weighted by Gasteiger charge is -2.00. The van der Waals surface area contributed by atoms with E-state index in [-0.39, 0.29) is 0 Å². The van der Waals surface area contributed by atoms with Gasteiger partial charge in [0.2, 0.25) is 5.88 Å². The highest BCUT2D eigenvalue weighted by Crippen LogP contribution is 2.09. The fraction of sp³-hybridized carbons (Fsp3) is 0.500. The third-order valence-electron chi connectivity index (χ3n) is 1.19. The molecule has 0 amide bonds. The number of nitrogens with zero attached hydrogens (tertiary/aromatic N) is 2. The Morgan fingerprint density at radius 2 is 1.82 bits per heavy atom. The molecule has 0 bridgehead atoms. The second-order valence-corrected chi connectivity index (χ2v) is 2.44. The van der Waals surface area contributed by atoms with Crippen LogP contribution in [0, 0.1) is 5.92 Å². The van der Waals surface area contributed by atoms with E-state index in [0.717, 1.165) is 5.70 Å². The average Bonchev–Trinajstić information content (AvgIpc) is 1.99. The van der Waals surface area contributed by atoms with Crippen molar-refractivity contribution in [2.45, 2.75) is 13.8 Å². The molecule has 0 atom stereocenters. The predicted octanol–water partition coefficient (Wildman–Crippen LogP) is 2.73. The molecule has 0 saturated heterocycles. The molecule has 0 aliphatic carbocycles. The van der Waals surface area contributed by atoms with Crippen molar-refractivity contribution in [1.29, 1.82) is 0 Å². The molecule has 0 radical (unpaired) electrons. The molecule has 0 rings (SSSR count). The predicted molar refractivity (Wildman–Crippen MR) is 45.0 cm³/mol. The van der Waals surface area contributed by atoms with Crippen molar-refractivity contribution < 1.29 is 4.74 Å². The van der Waals surface area contributed by atoms with Gasteiger partial charge in [-0.25, -0.2) is 0 Å². The lowest BCUT2D eigenvalue weighted by molar-refractivity contribution is 0.285. The van der Waals surface area contributed by atoms with Crippen molar-refractivity contribution in [2.24, 2.45) is 16.1 Å². The van der Waals surface area contributed by atoms with Crippen LogP contribution in [0.5, 0.6) is 0 Å². The van der Waals surface area contributed by atoms with Gasteiger partial charge in [0.15, 0.2) is 0 Å². The molecule has 0 saturated carbocycles. The lowest BCUT2D eigenvalue weighted by Crippen LogP contribution is -1.87. The quantitative estimate of drug-likeness (QED) is 0.452. The summed E-state index contributed by atoms with van der Waals surface area (Å²) in [6, 6.07) is 0. The number of rotatable bonds is 4. The Kier molecular flexibility index (Phi) is 4.18. The van der Waals surface area contributed by atoms with Gasteiger partial charge in [-0.15, -0.1) is 5.11 Å². The van der Waals surface area contributed by atoms with Crippen LogP contribution in [0.3, 0.4) is 0 Å². The highest BCUT2D eigenvalue weighted by Gasteiger charge is 1.96. The van der Waals surface area contributed by atoms with Gasteiger partial charge in [-0.2, -0.15) is 5.11 Å². The number of hydrogen-bond donors (Lipinski definition) is 0. The van der Waals surface area contributed by atoms with Gasteiger partial charge in [0.05, 0.1) is 12.8 Å². The maximum atomic E-state index is 4.68. The molecule has 0 spiro atoms. The summed E-state index contributed by atoms with van der Waals surface area (Å²) in [4.78, 5) is 0. The Balaban J connectivity index is 3.93. The zero-order valence-corrected chi connectivity index (χ0v) is 7.29. The summed E-state index contributed by atoms with van der Waals surface area (Å²) >= 11 is 0. The number of methoxy groups -OCH3 is 1. The maximum absolute atomic E-state index is 4.68. The van der Waals surface area contributed by atoms with Gasteiger partial charge in [0, 0.05) is 0 Å². The van der Waals surface area contributed by atoms with Crippen molar-refractivity contribution in [2.75, 3.05) is 7.11 Å². The van der Waals surface area contributed by atoms with E-state index in [9.17, 15) is 0 Å². The van der Waals surface area contributed by atoms with E-state index in [4.69, 9.17) is 0 Å². The Labute approximate surface area is 67.5 Å². The fourth-order valence-corrected chi connectivity index (χ4v) is 0.276. The highest BCUT2D eigenvalue weighted by molar-refractivity contribution is 4.94. The molecule has 0 heterocycles. The first-order chi connectivity index (χ1) is 5.07. The molecule has 0 aliphatic heterocycles. The van der Waals surface area contributed by atoms with E-state index in [1.807, 2.05) is 13.8 Å². The van der Waals surface area contributed by atoms with Crippen LogP contribution >= 0.6 is 0 Å². The van der Waals surface area contributed by atoms with Gasteiger partial charge in [-0.3, -0.25) is 0 Å². The molecule has 3 nitrogen and oxygen atoms in total. The van der Waals surface area contributed by atoms with Gasteiger partial charge < -0.3 is 4.74 Å². The second-order valence-electron chi connectivity index (χ2n) is 2.44. The van der Waals surface area contributed by atoms with Gasteiger partial charge in [-0.1, -0.05) is 20.4 Å². The van der Waals surface area contributed by atoms with E-state index in [2.05, 4.69) is 28.1 Å². The third kappa shape index (κ3) is 4.31. The van der Waals surface area contributed by atoms with Crippen molar-refractivity contribution >= 4 is 0 Å². The first-order valence-corrected chi connectivity index (χ1v) is 3.41. The monoisotopic (exact) mass is 154 g/mol. The van der Waals surface area contributed by atoms with E-state index in [1.165, 1.54) is 7.11 Å². The first kappa shape index (κ1) is 9.88. The molecule has 0 aromatic rings. The lowest BCUT2D eigenvalue weighted by atomic mass is 10.2. The van der Waals surface area contributed by atoms with Crippen LogP contribution in [-0.2, 0) is 4.74 Å². The molecule has 62 valence electrons. The second kappa shape index (κ2) is 4.66. The van der Waals surface area contributed by atoms with E-state index in [0.29, 0.717) is 11.8 Å². The molecule has 0 aromatic heterocycles. The zero-order valence-electron chi connectivity index (χ0n) is 7.29. The van der Waals surface area contributed by atoms with Gasteiger partial charge in [0.25, 0.3) is 0 Å². The Hall–Kier alpha value is -1.12. The van der Waals surface area contributed by atoms with Crippen molar-refractivity contribution in [3.8, 4) is 0 Å². The molecule has 0 aromatic carbocycles. The molecular formula is C8H14N2O. The summed E-state index contributed by atoms with van der Waals surface area (Å²) in [7, 11) is 1.50. The standard InChI is InChI=1S/C8H14N2O/c1-6(2)7(3)9-10-8(4)11-5/h6H,3-4H2,1-2,5H3. The highest BCUT2D eigenvalue weighted by atomic mass is 16.5. The summed E-state index contributed by atoms with van der Waals surface area (Å²) in [5.41, 5.74) is 0.725. The summed E-state index contributed by atoms with van der Waals surface area (Å²) in [6.45, 7) is 11.2. The summed E-state index contributed by atoms with van der Waals surface area (Å²) in [6.07, 6.45) is 0. The van der Waals surface area contributed by atoms with Crippen LogP contribution in [0.15, 0.2) is 35.0 Å². The van der Waals surface area contributed by atoms with Crippen molar-refractivity contribution in [1.82, 2.24) is 0 Å². The van der Waals surface area contributed by atoms with E-state index < -0.39 is 0 Å². The van der Waals surface area contributed by atoms with Crippen LogP contribution in [0.4, 0.5) is 0 Å². The number of ether oxygens (including phenoxy) is 1. The molecule has 11 heavy (non-hydrogen) atoms. The van der Waals surface area contributed by atoms with Gasteiger partial charge in [-0.05, 0) is 12.5 Å². The topological polar surface area (TPSA) is 34.0 Å². The maximum Gasteiger partial charge on any atom is 0.225 e. The summed E-state index contributed by atoms with van der Waals surface area (Å²) in [5.74, 6) is 0.607. The average molecular weight is 154 g/mol. The minimum absolute atomic E-state index is 0.298. The Morgan fingerprint density at radius 3 is 2.18 bits per heavy atom. The van der Waals surface area contributed by atoms with Crippen LogP contribution in [0.2, 0.25) is 0 Å². The smallest absolute Gasteiger partial charge is 0.225 e. The SMILES string of the molecule is C=C(N=NC(=C)C(C)C)OC. The summed E-state index contributed by atoms with van der Waals surface area (Å²) in [5, 5.41) is 7.47. The normalized spacial score (nSPS) is 10.5.